The van der Waals surface area contributed by atoms with Gasteiger partial charge in [-0.1, -0.05) is 41.5 Å². The molecule has 7 heteroatoms. The summed E-state index contributed by atoms with van der Waals surface area (Å²) in [5.41, 5.74) is 0.325. The Morgan fingerprint density at radius 2 is 1.75 bits per heavy atom. The maximum absolute atomic E-state index is 11.1. The molecule has 0 saturated carbocycles. The van der Waals surface area contributed by atoms with E-state index in [9.17, 15) is 10.1 Å². The van der Waals surface area contributed by atoms with Crippen LogP contribution in [0.1, 0.15) is 53.1 Å². The van der Waals surface area contributed by atoms with Crippen LogP contribution in [0.5, 0.6) is 11.6 Å². The molecule has 2 aromatic heterocycles. The van der Waals surface area contributed by atoms with Crippen LogP contribution in [-0.4, -0.2) is 19.9 Å². The third-order valence-electron chi connectivity index (χ3n) is 3.28. The summed E-state index contributed by atoms with van der Waals surface area (Å²) in [4.78, 5) is 23.3. The predicted octanol–water partition coefficient (Wildman–Crippen LogP) is 4.17. The molecule has 128 valence electrons. The van der Waals surface area contributed by atoms with Crippen molar-refractivity contribution in [1.82, 2.24) is 15.0 Å². The van der Waals surface area contributed by atoms with Gasteiger partial charge in [-0.05, 0) is 22.0 Å². The normalized spacial score (nSPS) is 12.1. The largest absolute Gasteiger partial charge is 0.430 e. The molecule has 0 aliphatic rings. The Balaban J connectivity index is 2.53. The van der Waals surface area contributed by atoms with Crippen LogP contribution in [0.15, 0.2) is 24.4 Å². The fourth-order valence-corrected chi connectivity index (χ4v) is 1.91. The van der Waals surface area contributed by atoms with Crippen molar-refractivity contribution < 1.29 is 9.66 Å². The van der Waals surface area contributed by atoms with E-state index in [4.69, 9.17) is 4.74 Å². The maximum Gasteiger partial charge on any atom is 0.406 e. The number of pyridine rings is 1. The van der Waals surface area contributed by atoms with E-state index in [2.05, 4.69) is 15.0 Å². The van der Waals surface area contributed by atoms with E-state index < -0.39 is 4.92 Å². The van der Waals surface area contributed by atoms with E-state index in [0.717, 1.165) is 5.69 Å². The van der Waals surface area contributed by atoms with Crippen LogP contribution in [-0.2, 0) is 10.8 Å². The zero-order chi connectivity index (χ0) is 18.1. The summed E-state index contributed by atoms with van der Waals surface area (Å²) >= 11 is 0. The van der Waals surface area contributed by atoms with Crippen molar-refractivity contribution in [3.8, 4) is 11.6 Å². The Bertz CT molecular complexity index is 729. The van der Waals surface area contributed by atoms with Gasteiger partial charge >= 0.3 is 5.82 Å². The monoisotopic (exact) mass is 330 g/mol. The number of ether oxygens (including phenoxy) is 1. The first kappa shape index (κ1) is 17.8. The Kier molecular flexibility index (Phi) is 4.55. The fourth-order valence-electron chi connectivity index (χ4n) is 1.91. The molecular weight excluding hydrogens is 308 g/mol. The number of nitrogens with zero attached hydrogens (tertiary/aromatic N) is 4. The second-order valence-electron chi connectivity index (χ2n) is 7.60. The van der Waals surface area contributed by atoms with E-state index >= 15 is 0 Å². The summed E-state index contributed by atoms with van der Waals surface area (Å²) in [6.45, 7) is 12.1. The lowest BCUT2D eigenvalue weighted by molar-refractivity contribution is -0.390. The molecular formula is C17H22N4O3. The second kappa shape index (κ2) is 6.14. The topological polar surface area (TPSA) is 91.0 Å². The van der Waals surface area contributed by atoms with Gasteiger partial charge < -0.3 is 14.9 Å². The molecule has 7 nitrogen and oxygen atoms in total. The lowest BCUT2D eigenvalue weighted by atomic mass is 9.90. The average molecular weight is 330 g/mol. The lowest BCUT2D eigenvalue weighted by Crippen LogP contribution is -2.21. The van der Waals surface area contributed by atoms with Crippen LogP contribution in [0.3, 0.4) is 0 Å². The van der Waals surface area contributed by atoms with Crippen LogP contribution < -0.4 is 4.74 Å². The van der Waals surface area contributed by atoms with Crippen LogP contribution >= 0.6 is 0 Å². The highest BCUT2D eigenvalue weighted by Crippen LogP contribution is 2.32. The summed E-state index contributed by atoms with van der Waals surface area (Å²) in [6, 6.07) is 4.80. The number of hydrogen-bond acceptors (Lipinski definition) is 6. The highest BCUT2D eigenvalue weighted by Gasteiger charge is 2.25. The summed E-state index contributed by atoms with van der Waals surface area (Å²) in [6.07, 6.45) is 1.35. The molecule has 24 heavy (non-hydrogen) atoms. The van der Waals surface area contributed by atoms with E-state index in [1.54, 1.807) is 12.1 Å². The molecule has 0 radical (unpaired) electrons. The standard InChI is InChI=1S/C17H22N4O3/c1-16(2,3)12-10-13(20-15(19-12)17(4,5)6)24-11-8-7-9-18-14(11)21(22)23/h7-10H,1-6H3. The highest BCUT2D eigenvalue weighted by atomic mass is 16.6. The maximum atomic E-state index is 11.1. The third-order valence-corrected chi connectivity index (χ3v) is 3.28. The van der Waals surface area contributed by atoms with Crippen molar-refractivity contribution in [2.24, 2.45) is 0 Å². The SMILES string of the molecule is CC(C)(C)c1cc(Oc2cccnc2[N+](=O)[O-])nc(C(C)(C)C)n1. The first-order valence-corrected chi connectivity index (χ1v) is 7.66. The molecule has 0 aromatic carbocycles. The van der Waals surface area contributed by atoms with Crippen molar-refractivity contribution in [1.29, 1.82) is 0 Å². The second-order valence-corrected chi connectivity index (χ2v) is 7.60. The van der Waals surface area contributed by atoms with Crippen LogP contribution in [0.25, 0.3) is 0 Å². The van der Waals surface area contributed by atoms with E-state index in [0.29, 0.717) is 5.82 Å². The molecule has 0 atom stereocenters. The summed E-state index contributed by atoms with van der Waals surface area (Å²) in [7, 11) is 0. The van der Waals surface area contributed by atoms with Crippen molar-refractivity contribution in [3.63, 3.8) is 0 Å². The van der Waals surface area contributed by atoms with Gasteiger partial charge in [-0.3, -0.25) is 0 Å². The van der Waals surface area contributed by atoms with Gasteiger partial charge in [0, 0.05) is 16.9 Å². The molecule has 2 rings (SSSR count). The third kappa shape index (κ3) is 4.04. The zero-order valence-corrected chi connectivity index (χ0v) is 14.8. The van der Waals surface area contributed by atoms with Gasteiger partial charge in [0.2, 0.25) is 11.6 Å². The molecule has 0 N–H and O–H groups in total. The molecule has 2 heterocycles. The molecule has 0 aliphatic heterocycles. The van der Waals surface area contributed by atoms with Crippen molar-refractivity contribution in [2.45, 2.75) is 52.4 Å². The van der Waals surface area contributed by atoms with Gasteiger partial charge in [0.1, 0.15) is 12.0 Å². The smallest absolute Gasteiger partial charge is 0.406 e. The minimum absolute atomic E-state index is 0.0564. The molecule has 0 fully saturated rings. The molecule has 0 saturated heterocycles. The van der Waals surface area contributed by atoms with Crippen molar-refractivity contribution in [3.05, 3.63) is 46.0 Å². The van der Waals surface area contributed by atoms with E-state index in [1.807, 2.05) is 41.5 Å². The summed E-state index contributed by atoms with van der Waals surface area (Å²) in [5.74, 6) is 0.610. The average Bonchev–Trinajstić information content (AvgIpc) is 2.45. The molecule has 0 aliphatic carbocycles. The van der Waals surface area contributed by atoms with E-state index in [-0.39, 0.29) is 28.3 Å². The van der Waals surface area contributed by atoms with Crippen LogP contribution in [0.4, 0.5) is 5.82 Å². The molecule has 0 spiro atoms. The van der Waals surface area contributed by atoms with Gasteiger partial charge in [-0.25, -0.2) is 4.98 Å². The fraction of sp³-hybridized carbons (Fsp3) is 0.471. The molecule has 2 aromatic rings. The van der Waals surface area contributed by atoms with Gasteiger partial charge in [0.05, 0.1) is 5.69 Å². The zero-order valence-electron chi connectivity index (χ0n) is 14.8. The Hall–Kier alpha value is -2.57. The number of hydrogen-bond donors (Lipinski definition) is 0. The summed E-state index contributed by atoms with van der Waals surface area (Å²) in [5, 5.41) is 11.1. The van der Waals surface area contributed by atoms with Gasteiger partial charge in [0.25, 0.3) is 0 Å². The predicted molar refractivity (Wildman–Crippen MR) is 90.4 cm³/mol. The highest BCUT2D eigenvalue weighted by molar-refractivity contribution is 5.41. The van der Waals surface area contributed by atoms with Gasteiger partial charge in [0.15, 0.2) is 0 Å². The van der Waals surface area contributed by atoms with Crippen LogP contribution in [0, 0.1) is 10.1 Å². The lowest BCUT2D eigenvalue weighted by Gasteiger charge is -2.23. The van der Waals surface area contributed by atoms with Crippen molar-refractivity contribution in [2.75, 3.05) is 0 Å². The molecule has 0 bridgehead atoms. The van der Waals surface area contributed by atoms with Crippen molar-refractivity contribution >= 4 is 5.82 Å². The summed E-state index contributed by atoms with van der Waals surface area (Å²) < 4.78 is 5.69. The quantitative estimate of drug-likeness (QED) is 0.619. The number of rotatable bonds is 3. The van der Waals surface area contributed by atoms with Gasteiger partial charge in [-0.2, -0.15) is 4.98 Å². The van der Waals surface area contributed by atoms with E-state index in [1.165, 1.54) is 12.3 Å². The van der Waals surface area contributed by atoms with Crippen LogP contribution in [0.2, 0.25) is 0 Å². The Morgan fingerprint density at radius 1 is 1.08 bits per heavy atom. The molecule has 0 unspecified atom stereocenters. The molecule has 0 amide bonds. The minimum Gasteiger partial charge on any atom is -0.430 e. The Morgan fingerprint density at radius 3 is 2.29 bits per heavy atom. The number of nitro groups is 1. The first-order chi connectivity index (χ1) is 11.0. The van der Waals surface area contributed by atoms with Gasteiger partial charge in [-0.15, -0.1) is 0 Å². The minimum atomic E-state index is -0.578. The first-order valence-electron chi connectivity index (χ1n) is 7.66. The number of aromatic nitrogens is 3. The Labute approximate surface area is 141 Å².